The van der Waals surface area contributed by atoms with Crippen molar-refractivity contribution in [3.63, 3.8) is 0 Å². The number of benzene rings is 1. The zero-order valence-corrected chi connectivity index (χ0v) is 14.5. The lowest BCUT2D eigenvalue weighted by atomic mass is 10.0. The van der Waals surface area contributed by atoms with Crippen molar-refractivity contribution in [1.29, 1.82) is 0 Å². The smallest absolute Gasteiger partial charge is 0.303 e. The van der Waals surface area contributed by atoms with Gasteiger partial charge in [0.1, 0.15) is 5.69 Å². The number of hydrogen-bond donors (Lipinski definition) is 1. The van der Waals surface area contributed by atoms with Gasteiger partial charge in [0.2, 0.25) is 11.6 Å². The SMILES string of the molecule is Cc1ccc(Cc2nc(-c3n[nH]c(C(F)(F)F)n3)cn3ccnc23)cc1C. The van der Waals surface area contributed by atoms with Crippen molar-refractivity contribution in [1.82, 2.24) is 29.5 Å². The standard InChI is InChI=1S/C18H15F3N6/c1-10-3-4-12(7-11(10)2)8-13-16-22-5-6-27(16)9-14(23-13)15-24-17(26-25-15)18(19,20)21/h3-7,9H,8H2,1-2H3,(H,24,25,26). The topological polar surface area (TPSA) is 71.8 Å². The molecule has 3 aromatic heterocycles. The molecule has 0 aliphatic carbocycles. The summed E-state index contributed by atoms with van der Waals surface area (Å²) < 4.78 is 40.1. The molecule has 27 heavy (non-hydrogen) atoms. The van der Waals surface area contributed by atoms with Gasteiger partial charge >= 0.3 is 6.18 Å². The molecule has 4 rings (SSSR count). The van der Waals surface area contributed by atoms with Gasteiger partial charge in [0.25, 0.3) is 0 Å². The Morgan fingerprint density at radius 2 is 1.93 bits per heavy atom. The molecule has 0 saturated carbocycles. The van der Waals surface area contributed by atoms with E-state index in [2.05, 4.69) is 26.1 Å². The Hall–Kier alpha value is -3.23. The Morgan fingerprint density at radius 1 is 1.11 bits per heavy atom. The third-order valence-electron chi connectivity index (χ3n) is 4.37. The second-order valence-electron chi connectivity index (χ2n) is 6.33. The minimum absolute atomic E-state index is 0.112. The predicted molar refractivity (Wildman–Crippen MR) is 92.1 cm³/mol. The number of aryl methyl sites for hydroxylation is 2. The minimum atomic E-state index is -4.59. The molecule has 0 radical (unpaired) electrons. The number of fused-ring (bicyclic) bond motifs is 1. The lowest BCUT2D eigenvalue weighted by molar-refractivity contribution is -0.144. The van der Waals surface area contributed by atoms with Gasteiger partial charge in [-0.3, -0.25) is 5.10 Å². The van der Waals surface area contributed by atoms with Crippen LogP contribution in [0.5, 0.6) is 0 Å². The fourth-order valence-electron chi connectivity index (χ4n) is 2.83. The molecule has 6 nitrogen and oxygen atoms in total. The summed E-state index contributed by atoms with van der Waals surface area (Å²) >= 11 is 0. The number of rotatable bonds is 3. The number of imidazole rings is 1. The Balaban J connectivity index is 1.77. The van der Waals surface area contributed by atoms with Gasteiger partial charge in [-0.25, -0.2) is 15.0 Å². The molecule has 138 valence electrons. The maximum absolute atomic E-state index is 12.8. The van der Waals surface area contributed by atoms with Crippen LogP contribution in [0.1, 0.15) is 28.2 Å². The molecule has 1 N–H and O–H groups in total. The average Bonchev–Trinajstić information content (AvgIpc) is 3.26. The summed E-state index contributed by atoms with van der Waals surface area (Å²) in [6, 6.07) is 6.10. The van der Waals surface area contributed by atoms with E-state index in [4.69, 9.17) is 0 Å². The average molecular weight is 372 g/mol. The highest BCUT2D eigenvalue weighted by Crippen LogP contribution is 2.27. The Kier molecular flexibility index (Phi) is 3.94. The van der Waals surface area contributed by atoms with Gasteiger partial charge in [-0.15, -0.1) is 0 Å². The summed E-state index contributed by atoms with van der Waals surface area (Å²) in [6.07, 6.45) is 0.791. The van der Waals surface area contributed by atoms with Crippen molar-refractivity contribution < 1.29 is 13.2 Å². The maximum atomic E-state index is 12.8. The minimum Gasteiger partial charge on any atom is -0.303 e. The van der Waals surface area contributed by atoms with E-state index < -0.39 is 12.0 Å². The first kappa shape index (κ1) is 17.2. The van der Waals surface area contributed by atoms with Crippen LogP contribution in [-0.4, -0.2) is 29.5 Å². The van der Waals surface area contributed by atoms with Crippen molar-refractivity contribution >= 4 is 5.65 Å². The quantitative estimate of drug-likeness (QED) is 0.595. The number of nitrogens with one attached hydrogen (secondary N) is 1. The van der Waals surface area contributed by atoms with Crippen LogP contribution in [0.4, 0.5) is 13.2 Å². The van der Waals surface area contributed by atoms with Crippen molar-refractivity contribution in [2.45, 2.75) is 26.4 Å². The van der Waals surface area contributed by atoms with Gasteiger partial charge in [0.15, 0.2) is 5.65 Å². The molecule has 0 saturated heterocycles. The van der Waals surface area contributed by atoms with E-state index in [1.165, 1.54) is 5.56 Å². The molecule has 3 heterocycles. The number of aromatic amines is 1. The highest BCUT2D eigenvalue weighted by atomic mass is 19.4. The molecule has 0 bridgehead atoms. The second kappa shape index (κ2) is 6.19. The summed E-state index contributed by atoms with van der Waals surface area (Å²) in [5.74, 6) is -1.26. The van der Waals surface area contributed by atoms with Crippen LogP contribution < -0.4 is 0 Å². The molecular weight excluding hydrogens is 357 g/mol. The van der Waals surface area contributed by atoms with Crippen LogP contribution in [-0.2, 0) is 12.6 Å². The summed E-state index contributed by atoms with van der Waals surface area (Å²) in [4.78, 5) is 12.3. The summed E-state index contributed by atoms with van der Waals surface area (Å²) in [5.41, 5.74) is 4.91. The normalized spacial score (nSPS) is 12.0. The van der Waals surface area contributed by atoms with Crippen LogP contribution in [0.25, 0.3) is 17.2 Å². The van der Waals surface area contributed by atoms with Gasteiger partial charge in [-0.1, -0.05) is 18.2 Å². The molecule has 9 heteroatoms. The zero-order valence-electron chi connectivity index (χ0n) is 14.5. The predicted octanol–water partition coefficient (Wildman–Crippen LogP) is 3.74. The van der Waals surface area contributed by atoms with E-state index >= 15 is 0 Å². The van der Waals surface area contributed by atoms with Crippen molar-refractivity contribution in [2.75, 3.05) is 0 Å². The summed E-state index contributed by atoms with van der Waals surface area (Å²) in [7, 11) is 0. The number of aromatic nitrogens is 6. The molecule has 0 aliphatic rings. The van der Waals surface area contributed by atoms with Gasteiger partial charge in [0, 0.05) is 25.0 Å². The maximum Gasteiger partial charge on any atom is 0.451 e. The third-order valence-corrected chi connectivity index (χ3v) is 4.37. The summed E-state index contributed by atoms with van der Waals surface area (Å²) in [6.45, 7) is 4.06. The molecule has 0 unspecified atom stereocenters. The number of H-pyrrole nitrogens is 1. The van der Waals surface area contributed by atoms with Crippen LogP contribution >= 0.6 is 0 Å². The lowest BCUT2D eigenvalue weighted by Crippen LogP contribution is -2.07. The van der Waals surface area contributed by atoms with Crippen LogP contribution in [0.15, 0.2) is 36.8 Å². The van der Waals surface area contributed by atoms with E-state index in [1.54, 1.807) is 23.0 Å². The van der Waals surface area contributed by atoms with Crippen LogP contribution in [0, 0.1) is 13.8 Å². The van der Waals surface area contributed by atoms with Gasteiger partial charge in [-0.05, 0) is 30.5 Å². The fraction of sp³-hybridized carbons (Fsp3) is 0.222. The third kappa shape index (κ3) is 3.27. The lowest BCUT2D eigenvalue weighted by Gasteiger charge is -2.08. The molecule has 1 aromatic carbocycles. The van der Waals surface area contributed by atoms with Gasteiger partial charge < -0.3 is 4.40 Å². The number of hydrogen-bond acceptors (Lipinski definition) is 4. The Labute approximate surface area is 152 Å². The molecule has 4 aromatic rings. The highest BCUT2D eigenvalue weighted by molar-refractivity contribution is 5.55. The van der Waals surface area contributed by atoms with E-state index in [0.717, 1.165) is 11.1 Å². The second-order valence-corrected chi connectivity index (χ2v) is 6.33. The Morgan fingerprint density at radius 3 is 2.63 bits per heavy atom. The summed E-state index contributed by atoms with van der Waals surface area (Å²) in [5, 5.41) is 5.58. The number of nitrogens with zero attached hydrogens (tertiary/aromatic N) is 5. The van der Waals surface area contributed by atoms with Gasteiger partial charge in [0.05, 0.1) is 5.69 Å². The Bertz CT molecular complexity index is 1130. The molecule has 0 atom stereocenters. The molecule has 0 fully saturated rings. The monoisotopic (exact) mass is 372 g/mol. The number of halogens is 3. The molecule has 0 aliphatic heterocycles. The highest BCUT2D eigenvalue weighted by Gasteiger charge is 2.35. The molecule has 0 spiro atoms. The number of alkyl halides is 3. The van der Waals surface area contributed by atoms with E-state index in [9.17, 15) is 13.2 Å². The molecule has 0 amide bonds. The fourth-order valence-corrected chi connectivity index (χ4v) is 2.83. The largest absolute Gasteiger partial charge is 0.451 e. The van der Waals surface area contributed by atoms with Crippen LogP contribution in [0.3, 0.4) is 0 Å². The first-order chi connectivity index (χ1) is 12.8. The van der Waals surface area contributed by atoms with E-state index in [0.29, 0.717) is 17.8 Å². The van der Waals surface area contributed by atoms with Crippen molar-refractivity contribution in [3.05, 3.63) is 65.0 Å². The first-order valence-electron chi connectivity index (χ1n) is 8.20. The van der Waals surface area contributed by atoms with Crippen LogP contribution in [0.2, 0.25) is 0 Å². The van der Waals surface area contributed by atoms with Gasteiger partial charge in [-0.2, -0.15) is 18.3 Å². The zero-order chi connectivity index (χ0) is 19.2. The first-order valence-corrected chi connectivity index (χ1v) is 8.20. The van der Waals surface area contributed by atoms with E-state index in [1.807, 2.05) is 31.1 Å². The van der Waals surface area contributed by atoms with Crippen molar-refractivity contribution in [3.8, 4) is 11.5 Å². The van der Waals surface area contributed by atoms with Crippen molar-refractivity contribution in [2.24, 2.45) is 0 Å². The molecular formula is C18H15F3N6. The van der Waals surface area contributed by atoms with E-state index in [-0.39, 0.29) is 11.5 Å².